The largest absolute Gasteiger partial charge is 0.494 e. The van der Waals surface area contributed by atoms with E-state index in [0.717, 1.165) is 22.6 Å². The first kappa shape index (κ1) is 12.4. The van der Waals surface area contributed by atoms with E-state index < -0.39 is 0 Å². The van der Waals surface area contributed by atoms with E-state index in [1.807, 2.05) is 35.8 Å². The lowest BCUT2D eigenvalue weighted by Gasteiger charge is -2.06. The number of aryl methyl sites for hydroxylation is 1. The Morgan fingerprint density at radius 2 is 2.10 bits per heavy atom. The van der Waals surface area contributed by atoms with Gasteiger partial charge in [0.15, 0.2) is 0 Å². The van der Waals surface area contributed by atoms with Gasteiger partial charge in [0.25, 0.3) is 0 Å². The second-order valence-corrected chi connectivity index (χ2v) is 4.48. The molecule has 0 spiro atoms. The highest BCUT2D eigenvalue weighted by molar-refractivity contribution is 5.84. The summed E-state index contributed by atoms with van der Waals surface area (Å²) in [6.45, 7) is 2.42. The summed E-state index contributed by atoms with van der Waals surface area (Å²) < 4.78 is 7.22. The van der Waals surface area contributed by atoms with E-state index in [9.17, 15) is 0 Å². The van der Waals surface area contributed by atoms with Crippen molar-refractivity contribution in [1.29, 1.82) is 0 Å². The fourth-order valence-electron chi connectivity index (χ4n) is 2.23. The second-order valence-electron chi connectivity index (χ2n) is 4.48. The van der Waals surface area contributed by atoms with Crippen molar-refractivity contribution in [3.63, 3.8) is 0 Å². The molecule has 0 saturated heterocycles. The minimum atomic E-state index is 0.445. The highest BCUT2D eigenvalue weighted by atomic mass is 16.5. The van der Waals surface area contributed by atoms with Crippen LogP contribution >= 0.6 is 0 Å². The lowest BCUT2D eigenvalue weighted by Crippen LogP contribution is -2.06. The Hall–Kier alpha value is -2.63. The molecule has 0 aliphatic heterocycles. The number of ether oxygens (including phenoxy) is 1. The topological polar surface area (TPSA) is 78.9 Å². The zero-order valence-corrected chi connectivity index (χ0v) is 11.4. The molecule has 2 N–H and O–H groups in total. The van der Waals surface area contributed by atoms with E-state index in [-0.39, 0.29) is 0 Å². The van der Waals surface area contributed by atoms with E-state index in [4.69, 9.17) is 10.5 Å². The number of rotatable bonds is 3. The number of fused-ring (bicyclic) bond motifs is 1. The molecule has 0 unspecified atom stereocenters. The quantitative estimate of drug-likeness (QED) is 0.784. The Kier molecular flexibility index (Phi) is 2.98. The van der Waals surface area contributed by atoms with Crippen LogP contribution in [-0.2, 0) is 6.54 Å². The molecule has 0 saturated carbocycles. The van der Waals surface area contributed by atoms with Crippen LogP contribution in [0, 0.1) is 6.92 Å². The van der Waals surface area contributed by atoms with Crippen molar-refractivity contribution in [3.8, 4) is 5.75 Å². The number of nitrogen functional groups attached to an aromatic ring is 1. The van der Waals surface area contributed by atoms with Gasteiger partial charge in [0.2, 0.25) is 5.95 Å². The fourth-order valence-corrected chi connectivity index (χ4v) is 2.23. The summed E-state index contributed by atoms with van der Waals surface area (Å²) in [5.41, 5.74) is 8.60. The minimum absolute atomic E-state index is 0.445. The van der Waals surface area contributed by atoms with Gasteiger partial charge in [-0.3, -0.25) is 0 Å². The van der Waals surface area contributed by atoms with Crippen LogP contribution in [0.25, 0.3) is 11.0 Å². The summed E-state index contributed by atoms with van der Waals surface area (Å²) in [5.74, 6) is 1.90. The Balaban J connectivity index is 2.10. The maximum Gasteiger partial charge on any atom is 0.201 e. The van der Waals surface area contributed by atoms with Crippen LogP contribution in [-0.4, -0.2) is 26.6 Å². The van der Waals surface area contributed by atoms with Gasteiger partial charge in [-0.05, 0) is 25.1 Å². The third-order valence-corrected chi connectivity index (χ3v) is 3.15. The number of imidazole rings is 1. The predicted molar refractivity (Wildman–Crippen MR) is 76.6 cm³/mol. The first-order valence-electron chi connectivity index (χ1n) is 6.26. The molecular formula is C14H15N5O. The van der Waals surface area contributed by atoms with E-state index >= 15 is 0 Å². The summed E-state index contributed by atoms with van der Waals surface area (Å²) in [7, 11) is 1.62. The monoisotopic (exact) mass is 269 g/mol. The number of anilines is 1. The molecule has 20 heavy (non-hydrogen) atoms. The number of nitrogens with zero attached hydrogens (tertiary/aromatic N) is 4. The number of hydrogen-bond acceptors (Lipinski definition) is 5. The van der Waals surface area contributed by atoms with Crippen LogP contribution in [0.3, 0.4) is 0 Å². The van der Waals surface area contributed by atoms with Crippen molar-refractivity contribution in [2.24, 2.45) is 0 Å². The molecule has 102 valence electrons. The summed E-state index contributed by atoms with van der Waals surface area (Å²) in [4.78, 5) is 12.9. The van der Waals surface area contributed by atoms with Crippen molar-refractivity contribution in [1.82, 2.24) is 19.5 Å². The highest BCUT2D eigenvalue weighted by Crippen LogP contribution is 2.27. The molecule has 6 heteroatoms. The van der Waals surface area contributed by atoms with Crippen molar-refractivity contribution < 1.29 is 4.74 Å². The average molecular weight is 269 g/mol. The number of aromatic nitrogens is 4. The zero-order chi connectivity index (χ0) is 14.1. The van der Waals surface area contributed by atoms with Gasteiger partial charge < -0.3 is 15.0 Å². The standard InChI is InChI=1S/C14H15N5O/c1-9-16-7-6-10(17-9)8-19-11-4-3-5-12(20-2)13(11)18-14(19)15/h3-7H,8H2,1-2H3,(H2,15,18). The van der Waals surface area contributed by atoms with E-state index in [2.05, 4.69) is 15.0 Å². The maximum atomic E-state index is 6.02. The van der Waals surface area contributed by atoms with Crippen molar-refractivity contribution >= 4 is 17.0 Å². The molecule has 0 atom stereocenters. The number of methoxy groups -OCH3 is 1. The SMILES string of the molecule is COc1cccc2c1nc(N)n2Cc1ccnc(C)n1. The normalized spacial score (nSPS) is 10.9. The molecule has 2 aromatic heterocycles. The fraction of sp³-hybridized carbons (Fsp3) is 0.214. The Morgan fingerprint density at radius 1 is 1.25 bits per heavy atom. The van der Waals surface area contributed by atoms with Crippen LogP contribution in [0.4, 0.5) is 5.95 Å². The van der Waals surface area contributed by atoms with Gasteiger partial charge in [0.1, 0.15) is 17.1 Å². The van der Waals surface area contributed by atoms with Gasteiger partial charge in [-0.1, -0.05) is 6.07 Å². The van der Waals surface area contributed by atoms with Gasteiger partial charge in [0, 0.05) is 6.20 Å². The van der Waals surface area contributed by atoms with Gasteiger partial charge in [-0.2, -0.15) is 0 Å². The van der Waals surface area contributed by atoms with Crippen molar-refractivity contribution in [3.05, 3.63) is 42.0 Å². The smallest absolute Gasteiger partial charge is 0.201 e. The van der Waals surface area contributed by atoms with Crippen molar-refractivity contribution in [2.75, 3.05) is 12.8 Å². The molecule has 0 aliphatic carbocycles. The number of hydrogen-bond donors (Lipinski definition) is 1. The molecule has 1 aromatic carbocycles. The van der Waals surface area contributed by atoms with Crippen LogP contribution in [0.15, 0.2) is 30.5 Å². The van der Waals surface area contributed by atoms with Crippen LogP contribution < -0.4 is 10.5 Å². The van der Waals surface area contributed by atoms with E-state index in [1.54, 1.807) is 13.3 Å². The highest BCUT2D eigenvalue weighted by Gasteiger charge is 2.12. The molecule has 0 fully saturated rings. The minimum Gasteiger partial charge on any atom is -0.494 e. The van der Waals surface area contributed by atoms with Gasteiger partial charge >= 0.3 is 0 Å². The van der Waals surface area contributed by atoms with Crippen LogP contribution in [0.5, 0.6) is 5.75 Å². The molecule has 0 bridgehead atoms. The molecule has 3 aromatic rings. The third-order valence-electron chi connectivity index (χ3n) is 3.15. The molecule has 2 heterocycles. The molecule has 6 nitrogen and oxygen atoms in total. The lowest BCUT2D eigenvalue weighted by molar-refractivity contribution is 0.419. The first-order chi connectivity index (χ1) is 9.69. The van der Waals surface area contributed by atoms with Gasteiger partial charge in [-0.25, -0.2) is 15.0 Å². The molecule has 0 aliphatic rings. The number of para-hydroxylation sites is 1. The zero-order valence-electron chi connectivity index (χ0n) is 11.4. The van der Waals surface area contributed by atoms with Crippen LogP contribution in [0.2, 0.25) is 0 Å². The molecule has 3 rings (SSSR count). The van der Waals surface area contributed by atoms with Gasteiger partial charge in [0.05, 0.1) is 24.9 Å². The number of nitrogens with two attached hydrogens (primary N) is 1. The van der Waals surface area contributed by atoms with E-state index in [1.165, 1.54) is 0 Å². The molecule has 0 radical (unpaired) electrons. The number of benzene rings is 1. The first-order valence-corrected chi connectivity index (χ1v) is 6.26. The lowest BCUT2D eigenvalue weighted by atomic mass is 10.3. The summed E-state index contributed by atoms with van der Waals surface area (Å²) >= 11 is 0. The Bertz CT molecular complexity index is 765. The predicted octanol–water partition coefficient (Wildman–Crippen LogP) is 1.77. The van der Waals surface area contributed by atoms with Gasteiger partial charge in [-0.15, -0.1) is 0 Å². The Morgan fingerprint density at radius 3 is 2.85 bits per heavy atom. The molecular weight excluding hydrogens is 254 g/mol. The Labute approximate surface area is 116 Å². The second kappa shape index (κ2) is 4.80. The maximum absolute atomic E-state index is 6.02. The van der Waals surface area contributed by atoms with E-state index in [0.29, 0.717) is 18.2 Å². The average Bonchev–Trinajstić information content (AvgIpc) is 2.75. The summed E-state index contributed by atoms with van der Waals surface area (Å²) in [6.07, 6.45) is 1.74. The summed E-state index contributed by atoms with van der Waals surface area (Å²) in [6, 6.07) is 7.63. The summed E-state index contributed by atoms with van der Waals surface area (Å²) in [5, 5.41) is 0. The third kappa shape index (κ3) is 2.05. The van der Waals surface area contributed by atoms with Crippen molar-refractivity contribution in [2.45, 2.75) is 13.5 Å². The molecule has 0 amide bonds. The van der Waals surface area contributed by atoms with Crippen LogP contribution in [0.1, 0.15) is 11.5 Å².